The first kappa shape index (κ1) is 32.9. The lowest BCUT2D eigenvalue weighted by Gasteiger charge is -2.41. The molecule has 4 heterocycles. The molecule has 2 aliphatic heterocycles. The van der Waals surface area contributed by atoms with Gasteiger partial charge in [-0.3, -0.25) is 9.48 Å². The van der Waals surface area contributed by atoms with Crippen LogP contribution in [0.3, 0.4) is 0 Å². The summed E-state index contributed by atoms with van der Waals surface area (Å²) < 4.78 is 14.4. The summed E-state index contributed by atoms with van der Waals surface area (Å²) in [7, 11) is 1.95. The van der Waals surface area contributed by atoms with Crippen LogP contribution in [-0.4, -0.2) is 80.9 Å². The Hall–Kier alpha value is -5.58. The maximum Gasteiger partial charge on any atom is 0.407 e. The molecule has 258 valence electrons. The van der Waals surface area contributed by atoms with E-state index in [2.05, 4.69) is 17.0 Å². The summed E-state index contributed by atoms with van der Waals surface area (Å²) in [6, 6.07) is 30.0. The van der Waals surface area contributed by atoms with Crippen molar-refractivity contribution in [2.75, 3.05) is 44.2 Å². The van der Waals surface area contributed by atoms with Crippen LogP contribution in [0.15, 0.2) is 91.0 Å². The minimum Gasteiger partial charge on any atom is -0.473 e. The molecule has 50 heavy (non-hydrogen) atoms. The van der Waals surface area contributed by atoms with Crippen molar-refractivity contribution in [3.8, 4) is 23.0 Å². The van der Waals surface area contributed by atoms with Gasteiger partial charge in [-0.25, -0.2) is 4.79 Å². The zero-order valence-electron chi connectivity index (χ0n) is 28.4. The number of hydrogen-bond acceptors (Lipinski definition) is 7. The molecule has 0 saturated carbocycles. The van der Waals surface area contributed by atoms with Gasteiger partial charge in [0.2, 0.25) is 17.7 Å². The summed E-state index contributed by atoms with van der Waals surface area (Å²) in [5.74, 6) is 0.890. The van der Waals surface area contributed by atoms with Crippen LogP contribution >= 0.6 is 0 Å². The highest BCUT2D eigenvalue weighted by Gasteiger charge is 2.36. The number of carbonyl (C=O) groups is 2. The molecule has 2 amide bonds. The standard InChI is InChI=1S/C39H42N6O5/c1-27-24-45(39(47)48)19-18-30(27)38(46)44-22-20-43(21-23-44)33-15-9-14-31-35(41-42(2)36(31)33)32-16-17-34(49-25-28-10-5-3-6-11-28)40-37(32)50-26-29-12-7-4-8-13-29/h3-17,27,30H,18-26H2,1-2H3,(H,47,48)/t27-,30+/m0/s1. The molecule has 2 aromatic heterocycles. The second-order valence-electron chi connectivity index (χ2n) is 13.1. The lowest BCUT2D eigenvalue weighted by Crippen LogP contribution is -2.53. The van der Waals surface area contributed by atoms with Crippen LogP contribution in [0.4, 0.5) is 10.5 Å². The highest BCUT2D eigenvalue weighted by molar-refractivity contribution is 6.01. The normalized spacial score (nSPS) is 17.9. The molecule has 0 aliphatic carbocycles. The van der Waals surface area contributed by atoms with Gasteiger partial charge >= 0.3 is 6.09 Å². The molecule has 11 nitrogen and oxygen atoms in total. The number of aromatic nitrogens is 3. The van der Waals surface area contributed by atoms with Crippen LogP contribution in [0.5, 0.6) is 11.8 Å². The number of para-hydroxylation sites is 1. The number of pyridine rings is 1. The van der Waals surface area contributed by atoms with Crippen molar-refractivity contribution in [3.05, 3.63) is 102 Å². The van der Waals surface area contributed by atoms with Crippen molar-refractivity contribution < 1.29 is 24.2 Å². The van der Waals surface area contributed by atoms with Crippen LogP contribution < -0.4 is 14.4 Å². The van der Waals surface area contributed by atoms with Gasteiger partial charge in [-0.15, -0.1) is 0 Å². The number of nitrogens with zero attached hydrogens (tertiary/aromatic N) is 6. The van der Waals surface area contributed by atoms with Crippen LogP contribution in [-0.2, 0) is 25.1 Å². The van der Waals surface area contributed by atoms with Crippen molar-refractivity contribution >= 4 is 28.6 Å². The fourth-order valence-electron chi connectivity index (χ4n) is 7.11. The third kappa shape index (κ3) is 6.94. The first-order chi connectivity index (χ1) is 24.4. The summed E-state index contributed by atoms with van der Waals surface area (Å²) >= 11 is 0. The van der Waals surface area contributed by atoms with Gasteiger partial charge in [0.25, 0.3) is 0 Å². The largest absolute Gasteiger partial charge is 0.473 e. The highest BCUT2D eigenvalue weighted by Crippen LogP contribution is 2.38. The second kappa shape index (κ2) is 14.5. The predicted octanol–water partition coefficient (Wildman–Crippen LogP) is 6.08. The molecule has 0 spiro atoms. The summed E-state index contributed by atoms with van der Waals surface area (Å²) in [5, 5.41) is 15.4. The number of piperazine rings is 1. The third-order valence-corrected chi connectivity index (χ3v) is 9.81. The topological polar surface area (TPSA) is 113 Å². The van der Waals surface area contributed by atoms with Gasteiger partial charge in [-0.2, -0.15) is 10.1 Å². The Morgan fingerprint density at radius 1 is 0.800 bits per heavy atom. The average molecular weight is 675 g/mol. The number of piperidine rings is 1. The van der Waals surface area contributed by atoms with E-state index >= 15 is 0 Å². The number of anilines is 1. The van der Waals surface area contributed by atoms with E-state index in [-0.39, 0.29) is 17.7 Å². The molecule has 2 aliphatic rings. The smallest absolute Gasteiger partial charge is 0.407 e. The minimum atomic E-state index is -0.916. The number of aryl methyl sites for hydroxylation is 1. The molecule has 7 rings (SSSR count). The maximum atomic E-state index is 13.5. The minimum absolute atomic E-state index is 0.00691. The molecule has 11 heteroatoms. The van der Waals surface area contributed by atoms with Gasteiger partial charge in [-0.05, 0) is 35.6 Å². The molecule has 2 fully saturated rings. The van der Waals surface area contributed by atoms with E-state index in [1.54, 1.807) is 0 Å². The van der Waals surface area contributed by atoms with E-state index in [1.807, 2.05) is 102 Å². The van der Waals surface area contributed by atoms with Crippen molar-refractivity contribution in [1.29, 1.82) is 0 Å². The number of benzene rings is 3. The van der Waals surface area contributed by atoms with Gasteiger partial charge in [0, 0.05) is 63.7 Å². The molecule has 2 atom stereocenters. The number of rotatable bonds is 9. The van der Waals surface area contributed by atoms with Gasteiger partial charge < -0.3 is 29.3 Å². The first-order valence-electron chi connectivity index (χ1n) is 17.2. The van der Waals surface area contributed by atoms with Gasteiger partial charge in [0.05, 0.1) is 16.8 Å². The van der Waals surface area contributed by atoms with Crippen LogP contribution in [0.25, 0.3) is 22.2 Å². The fourth-order valence-corrected chi connectivity index (χ4v) is 7.11. The van der Waals surface area contributed by atoms with E-state index in [4.69, 9.17) is 19.6 Å². The lowest BCUT2D eigenvalue weighted by molar-refractivity contribution is -0.139. The van der Waals surface area contributed by atoms with Crippen molar-refractivity contribution in [1.82, 2.24) is 24.6 Å². The van der Waals surface area contributed by atoms with E-state index in [1.165, 1.54) is 4.90 Å². The third-order valence-electron chi connectivity index (χ3n) is 9.81. The zero-order valence-corrected chi connectivity index (χ0v) is 28.4. The quantitative estimate of drug-likeness (QED) is 0.200. The Morgan fingerprint density at radius 2 is 1.48 bits per heavy atom. The van der Waals surface area contributed by atoms with Crippen molar-refractivity contribution in [2.45, 2.75) is 26.6 Å². The number of likely N-dealkylation sites (tertiary alicyclic amines) is 1. The summed E-state index contributed by atoms with van der Waals surface area (Å²) in [6.07, 6.45) is -0.351. The Kier molecular flexibility index (Phi) is 9.55. The molecule has 2 saturated heterocycles. The molecule has 5 aromatic rings. The Bertz CT molecular complexity index is 1960. The average Bonchev–Trinajstić information content (AvgIpc) is 3.49. The Labute approximate surface area is 291 Å². The molecule has 3 aromatic carbocycles. The summed E-state index contributed by atoms with van der Waals surface area (Å²) in [5.41, 5.74) is 5.67. The molecular weight excluding hydrogens is 632 g/mol. The number of carboxylic acid groups (broad SMARTS) is 1. The SMILES string of the molecule is C[C@H]1CN(C(=O)O)CC[C@H]1C(=O)N1CCN(c2cccc3c(-c4ccc(OCc5ccccc5)nc4OCc4ccccc4)nn(C)c23)CC1. The Balaban J connectivity index is 1.12. The molecule has 1 N–H and O–H groups in total. The van der Waals surface area contributed by atoms with Crippen LogP contribution in [0.2, 0.25) is 0 Å². The van der Waals surface area contributed by atoms with Gasteiger partial charge in [0.15, 0.2) is 0 Å². The molecule has 0 bridgehead atoms. The molecule has 0 unspecified atom stereocenters. The maximum absolute atomic E-state index is 13.5. The predicted molar refractivity (Wildman–Crippen MR) is 191 cm³/mol. The molecular formula is C39H42N6O5. The fraction of sp³-hybridized carbons (Fsp3) is 0.333. The van der Waals surface area contributed by atoms with Crippen molar-refractivity contribution in [3.63, 3.8) is 0 Å². The first-order valence-corrected chi connectivity index (χ1v) is 17.2. The number of ether oxygens (including phenoxy) is 2. The Morgan fingerprint density at radius 3 is 2.14 bits per heavy atom. The van der Waals surface area contributed by atoms with Crippen LogP contribution in [0.1, 0.15) is 24.5 Å². The number of fused-ring (bicyclic) bond motifs is 1. The number of carbonyl (C=O) groups excluding carboxylic acids is 1. The summed E-state index contributed by atoms with van der Waals surface area (Å²) in [4.78, 5) is 35.5. The van der Waals surface area contributed by atoms with Gasteiger partial charge in [-0.1, -0.05) is 79.7 Å². The van der Waals surface area contributed by atoms with Crippen molar-refractivity contribution in [2.24, 2.45) is 18.9 Å². The van der Waals surface area contributed by atoms with E-state index < -0.39 is 6.09 Å². The van der Waals surface area contributed by atoms with Crippen LogP contribution in [0, 0.1) is 11.8 Å². The second-order valence-corrected chi connectivity index (χ2v) is 13.1. The highest BCUT2D eigenvalue weighted by atomic mass is 16.5. The van der Waals surface area contributed by atoms with E-state index in [9.17, 15) is 14.7 Å². The number of amides is 2. The summed E-state index contributed by atoms with van der Waals surface area (Å²) in [6.45, 7) is 6.11. The molecule has 0 radical (unpaired) electrons. The zero-order chi connectivity index (χ0) is 34.6. The lowest BCUT2D eigenvalue weighted by atomic mass is 9.85. The number of hydrogen-bond donors (Lipinski definition) is 1. The van der Waals surface area contributed by atoms with Gasteiger partial charge in [0.1, 0.15) is 18.9 Å². The van der Waals surface area contributed by atoms with E-state index in [0.29, 0.717) is 70.7 Å². The monoisotopic (exact) mass is 674 g/mol. The van der Waals surface area contributed by atoms with E-state index in [0.717, 1.165) is 39.0 Å².